The molecular weight excluding hydrogens is 680 g/mol. The molecule has 7 atom stereocenters. The van der Waals surface area contributed by atoms with E-state index in [0.29, 0.717) is 13.0 Å². The Morgan fingerprint density at radius 3 is 2.26 bits per heavy atom. The van der Waals surface area contributed by atoms with Gasteiger partial charge in [-0.1, -0.05) is 45.0 Å². The SMILES string of the molecule is CN[C@@H](C)C(=O)NC(C(=O)N1C[C@@H](NC(=O)c2cc(N=O)cc(C(=O)N[C@@H]3CNC(C=O)C3)c2)CC1C(=O)N[C@@H]1CCCc2ccccc21)C(C)(C)C. The van der Waals surface area contributed by atoms with E-state index in [4.69, 9.17) is 0 Å². The van der Waals surface area contributed by atoms with Crippen LogP contribution in [0.1, 0.15) is 91.3 Å². The van der Waals surface area contributed by atoms with E-state index in [9.17, 15) is 33.7 Å². The van der Waals surface area contributed by atoms with Gasteiger partial charge in [-0.2, -0.15) is 0 Å². The summed E-state index contributed by atoms with van der Waals surface area (Å²) in [4.78, 5) is 92.6. The number of aryl methyl sites for hydroxylation is 1. The second kappa shape index (κ2) is 16.8. The number of aldehydes is 1. The number of likely N-dealkylation sites (tertiary alicyclic amines) is 1. The molecule has 0 saturated carbocycles. The number of nitroso groups, excluding NO2 is 1. The van der Waals surface area contributed by atoms with Crippen LogP contribution in [0.2, 0.25) is 0 Å². The summed E-state index contributed by atoms with van der Waals surface area (Å²) in [5.74, 6) is -2.37. The third-order valence-corrected chi connectivity index (χ3v) is 10.3. The summed E-state index contributed by atoms with van der Waals surface area (Å²) in [6.45, 7) is 7.53. The summed E-state index contributed by atoms with van der Waals surface area (Å²) in [7, 11) is 1.64. The number of carbonyl (C=O) groups excluding carboxylic acids is 6. The molecule has 2 aliphatic heterocycles. The monoisotopic (exact) mass is 730 g/mol. The Kier molecular flexibility index (Phi) is 12.4. The van der Waals surface area contributed by atoms with Crippen LogP contribution in [0.5, 0.6) is 0 Å². The number of hydrogen-bond donors (Lipinski definition) is 6. The normalized spacial score (nSPS) is 23.6. The van der Waals surface area contributed by atoms with Crippen molar-refractivity contribution < 1.29 is 28.8 Å². The third kappa shape index (κ3) is 9.32. The number of amides is 5. The predicted octanol–water partition coefficient (Wildman–Crippen LogP) is 1.78. The van der Waals surface area contributed by atoms with Gasteiger partial charge in [0.1, 0.15) is 24.1 Å². The minimum atomic E-state index is -0.987. The fourth-order valence-corrected chi connectivity index (χ4v) is 7.26. The van der Waals surface area contributed by atoms with Gasteiger partial charge in [0.15, 0.2) is 0 Å². The van der Waals surface area contributed by atoms with E-state index in [1.165, 1.54) is 23.1 Å². The highest BCUT2D eigenvalue weighted by atomic mass is 16.3. The van der Waals surface area contributed by atoms with Gasteiger partial charge < -0.3 is 41.6 Å². The van der Waals surface area contributed by atoms with Gasteiger partial charge in [0.25, 0.3) is 11.8 Å². The Hall–Kier alpha value is -5.02. The highest BCUT2D eigenvalue weighted by molar-refractivity contribution is 6.01. The lowest BCUT2D eigenvalue weighted by atomic mass is 9.85. The lowest BCUT2D eigenvalue weighted by Crippen LogP contribution is -2.59. The molecule has 5 amide bonds. The summed E-state index contributed by atoms with van der Waals surface area (Å²) in [5.41, 5.74) is 1.36. The van der Waals surface area contributed by atoms with Crippen molar-refractivity contribution in [1.29, 1.82) is 0 Å². The molecule has 2 aromatic rings. The molecule has 2 aromatic carbocycles. The maximum absolute atomic E-state index is 14.4. The lowest BCUT2D eigenvalue weighted by molar-refractivity contribution is -0.144. The van der Waals surface area contributed by atoms with Crippen LogP contribution in [0.25, 0.3) is 0 Å². The average Bonchev–Trinajstić information content (AvgIpc) is 3.79. The zero-order chi connectivity index (χ0) is 38.4. The maximum Gasteiger partial charge on any atom is 0.251 e. The van der Waals surface area contributed by atoms with Crippen molar-refractivity contribution in [3.8, 4) is 0 Å². The highest BCUT2D eigenvalue weighted by Gasteiger charge is 2.46. The molecule has 1 aliphatic carbocycles. The van der Waals surface area contributed by atoms with Crippen LogP contribution >= 0.6 is 0 Å². The quantitative estimate of drug-likeness (QED) is 0.139. The Morgan fingerprint density at radius 2 is 1.64 bits per heavy atom. The fourth-order valence-electron chi connectivity index (χ4n) is 7.26. The van der Waals surface area contributed by atoms with Gasteiger partial charge in [-0.15, -0.1) is 4.91 Å². The zero-order valence-corrected chi connectivity index (χ0v) is 30.9. The molecule has 15 nitrogen and oxygen atoms in total. The molecule has 0 spiro atoms. The molecule has 284 valence electrons. The van der Waals surface area contributed by atoms with Crippen molar-refractivity contribution >= 4 is 41.5 Å². The third-order valence-electron chi connectivity index (χ3n) is 10.3. The van der Waals surface area contributed by atoms with E-state index >= 15 is 0 Å². The lowest BCUT2D eigenvalue weighted by Gasteiger charge is -2.36. The van der Waals surface area contributed by atoms with Gasteiger partial charge in [0.05, 0.1) is 18.1 Å². The molecule has 2 fully saturated rings. The minimum absolute atomic E-state index is 0.00644. The van der Waals surface area contributed by atoms with Crippen molar-refractivity contribution in [2.24, 2.45) is 10.6 Å². The molecule has 3 unspecified atom stereocenters. The van der Waals surface area contributed by atoms with Crippen LogP contribution in [-0.2, 0) is 25.6 Å². The van der Waals surface area contributed by atoms with Crippen molar-refractivity contribution in [3.63, 3.8) is 0 Å². The van der Waals surface area contributed by atoms with Gasteiger partial charge in [-0.3, -0.25) is 24.0 Å². The first kappa shape index (κ1) is 39.2. The molecule has 0 bridgehead atoms. The van der Waals surface area contributed by atoms with Gasteiger partial charge in [0.2, 0.25) is 17.7 Å². The van der Waals surface area contributed by atoms with Gasteiger partial charge in [-0.25, -0.2) is 0 Å². The minimum Gasteiger partial charge on any atom is -0.348 e. The summed E-state index contributed by atoms with van der Waals surface area (Å²) in [6.07, 6.45) is 3.79. The van der Waals surface area contributed by atoms with Crippen molar-refractivity contribution in [3.05, 3.63) is 69.6 Å². The summed E-state index contributed by atoms with van der Waals surface area (Å²) in [5, 5.41) is 20.6. The molecule has 15 heteroatoms. The highest BCUT2D eigenvalue weighted by Crippen LogP contribution is 2.31. The summed E-state index contributed by atoms with van der Waals surface area (Å²) >= 11 is 0. The summed E-state index contributed by atoms with van der Waals surface area (Å²) < 4.78 is 0. The van der Waals surface area contributed by atoms with Crippen molar-refractivity contribution in [1.82, 2.24) is 36.8 Å². The van der Waals surface area contributed by atoms with Gasteiger partial charge >= 0.3 is 0 Å². The first-order chi connectivity index (χ1) is 25.2. The van der Waals surface area contributed by atoms with Crippen LogP contribution in [0.15, 0.2) is 47.6 Å². The molecular formula is C38H50N8O7. The Morgan fingerprint density at radius 1 is 0.962 bits per heavy atom. The molecule has 2 saturated heterocycles. The van der Waals surface area contributed by atoms with E-state index < -0.39 is 47.3 Å². The number of carbonyl (C=O) groups is 6. The van der Waals surface area contributed by atoms with Crippen LogP contribution in [0, 0.1) is 10.3 Å². The number of nitrogens with one attached hydrogen (secondary N) is 6. The van der Waals surface area contributed by atoms with Crippen molar-refractivity contribution in [2.75, 3.05) is 20.1 Å². The molecule has 5 rings (SSSR count). The second-order valence-electron chi connectivity index (χ2n) is 15.3. The molecule has 6 N–H and O–H groups in total. The first-order valence-electron chi connectivity index (χ1n) is 18.2. The average molecular weight is 731 g/mol. The Bertz CT molecular complexity index is 1740. The first-order valence-corrected chi connectivity index (χ1v) is 18.2. The standard InChI is InChI=1S/C38H50N8O7/c1-21(39-5)33(48)44-32(38(2,3)4)37(52)46-19-27(17-31(46)36(51)43-30-12-8-10-22-9-6-7-11-29(22)30)42-35(50)24-13-23(14-25(15-24)45-53)34(49)41-26-16-28(20-47)40-18-26/h6-7,9,11,13-15,20-21,26-28,30-32,39-40H,8,10,12,16-19H2,1-5H3,(H,41,49)(H,42,50)(H,43,51)(H,44,48)/t21-,26-,27-,28?,30+,31?,32?/m0/s1. The van der Waals surface area contributed by atoms with Crippen LogP contribution < -0.4 is 31.9 Å². The van der Waals surface area contributed by atoms with Gasteiger partial charge in [0, 0.05) is 36.3 Å². The van der Waals surface area contributed by atoms with Crippen LogP contribution in [0.4, 0.5) is 5.69 Å². The summed E-state index contributed by atoms with van der Waals surface area (Å²) in [6, 6.07) is 7.66. The molecule has 0 radical (unpaired) electrons. The molecule has 53 heavy (non-hydrogen) atoms. The molecule has 2 heterocycles. The zero-order valence-electron chi connectivity index (χ0n) is 30.9. The predicted molar refractivity (Wildman–Crippen MR) is 197 cm³/mol. The topological polar surface area (TPSA) is 207 Å². The van der Waals surface area contributed by atoms with E-state index in [2.05, 4.69) is 37.1 Å². The van der Waals surface area contributed by atoms with E-state index in [-0.39, 0.29) is 59.7 Å². The van der Waals surface area contributed by atoms with Crippen LogP contribution in [0.3, 0.4) is 0 Å². The van der Waals surface area contributed by atoms with E-state index in [1.54, 1.807) is 14.0 Å². The maximum atomic E-state index is 14.4. The number of likely N-dealkylation sites (N-methyl/N-ethyl adjacent to an activating group) is 1. The van der Waals surface area contributed by atoms with Crippen LogP contribution in [-0.4, -0.2) is 97.1 Å². The number of rotatable bonds is 12. The molecule has 0 aromatic heterocycles. The Labute approximate surface area is 309 Å². The van der Waals surface area contributed by atoms with Gasteiger partial charge in [-0.05, 0) is 86.0 Å². The smallest absolute Gasteiger partial charge is 0.251 e. The van der Waals surface area contributed by atoms with E-state index in [1.807, 2.05) is 45.0 Å². The largest absolute Gasteiger partial charge is 0.348 e. The van der Waals surface area contributed by atoms with Crippen molar-refractivity contribution in [2.45, 2.75) is 102 Å². The number of nitrogens with zero attached hydrogens (tertiary/aromatic N) is 2. The number of hydrogen-bond acceptors (Lipinski definition) is 10. The number of benzene rings is 2. The van der Waals surface area contributed by atoms with E-state index in [0.717, 1.165) is 36.7 Å². The second-order valence-corrected chi connectivity index (χ2v) is 15.3. The molecule has 3 aliphatic rings. The number of fused-ring (bicyclic) bond motifs is 1. The fraction of sp³-hybridized carbons (Fsp3) is 0.526. The Balaban J connectivity index is 1.38.